The second-order valence-electron chi connectivity index (χ2n) is 2.43. The molecule has 2 aliphatic rings. The summed E-state index contributed by atoms with van der Waals surface area (Å²) in [5, 5.41) is 6.67. The Hall–Kier alpha value is -0.0800. The van der Waals surface area contributed by atoms with Crippen LogP contribution >= 0.6 is 0 Å². The van der Waals surface area contributed by atoms with E-state index in [0.717, 1.165) is 12.0 Å². The van der Waals surface area contributed by atoms with Crippen molar-refractivity contribution in [3.63, 3.8) is 0 Å². The molecule has 2 heteroatoms. The summed E-state index contributed by atoms with van der Waals surface area (Å²) < 4.78 is 0. The third-order valence-corrected chi connectivity index (χ3v) is 1.98. The van der Waals surface area contributed by atoms with Crippen LogP contribution in [-0.4, -0.2) is 25.7 Å². The maximum absolute atomic E-state index is 3.34. The fourth-order valence-electron chi connectivity index (χ4n) is 1.33. The Labute approximate surface area is 43.3 Å². The Morgan fingerprint density at radius 2 is 2.14 bits per heavy atom. The molecule has 2 atom stereocenters. The molecule has 2 rings (SSSR count). The second kappa shape index (κ2) is 1.20. The molecule has 0 bridgehead atoms. The quantitative estimate of drug-likeness (QED) is 0.413. The highest BCUT2D eigenvalue weighted by atomic mass is 15.1. The van der Waals surface area contributed by atoms with Gasteiger partial charge in [0.2, 0.25) is 0 Å². The van der Waals surface area contributed by atoms with E-state index in [1.807, 2.05) is 0 Å². The van der Waals surface area contributed by atoms with Gasteiger partial charge < -0.3 is 10.6 Å². The lowest BCUT2D eigenvalue weighted by molar-refractivity contribution is 0.297. The largest absolute Gasteiger partial charge is 0.315 e. The Morgan fingerprint density at radius 3 is 2.43 bits per heavy atom. The van der Waals surface area contributed by atoms with E-state index >= 15 is 0 Å². The zero-order chi connectivity index (χ0) is 4.69. The van der Waals surface area contributed by atoms with Crippen molar-refractivity contribution in [3.05, 3.63) is 0 Å². The maximum atomic E-state index is 3.34. The first-order chi connectivity index (χ1) is 3.47. The molecule has 0 amide bonds. The molecule has 7 heavy (non-hydrogen) atoms. The number of hydrogen-bond donors (Lipinski definition) is 2. The summed E-state index contributed by atoms with van der Waals surface area (Å²) in [6, 6.07) is 0.833. The molecule has 2 aliphatic heterocycles. The molecular formula is C5H10N2. The number of nitrogens with one attached hydrogen (secondary N) is 2. The fraction of sp³-hybridized carbons (Fsp3) is 1.00. The minimum atomic E-state index is 0.833. The molecule has 0 aromatic carbocycles. The van der Waals surface area contributed by atoms with Gasteiger partial charge in [-0.05, 0) is 0 Å². The van der Waals surface area contributed by atoms with E-state index in [9.17, 15) is 0 Å². The lowest BCUT2D eigenvalue weighted by Crippen LogP contribution is -2.51. The molecule has 0 aromatic rings. The molecule has 0 aliphatic carbocycles. The van der Waals surface area contributed by atoms with Crippen molar-refractivity contribution in [2.45, 2.75) is 6.04 Å². The van der Waals surface area contributed by atoms with Crippen LogP contribution in [0.25, 0.3) is 0 Å². The molecule has 2 N–H and O–H groups in total. The summed E-state index contributed by atoms with van der Waals surface area (Å²) in [6.07, 6.45) is 0. The first-order valence-corrected chi connectivity index (χ1v) is 2.91. The van der Waals surface area contributed by atoms with Crippen molar-refractivity contribution in [2.24, 2.45) is 5.92 Å². The van der Waals surface area contributed by atoms with Gasteiger partial charge in [0.15, 0.2) is 0 Å². The fourth-order valence-corrected chi connectivity index (χ4v) is 1.33. The minimum Gasteiger partial charge on any atom is -0.315 e. The molecule has 2 fully saturated rings. The van der Waals surface area contributed by atoms with Crippen molar-refractivity contribution in [1.82, 2.24) is 10.6 Å². The number of hydrogen-bond acceptors (Lipinski definition) is 2. The summed E-state index contributed by atoms with van der Waals surface area (Å²) >= 11 is 0. The summed E-state index contributed by atoms with van der Waals surface area (Å²) in [5.74, 6) is 0.972. The normalized spacial score (nSPS) is 48.0. The van der Waals surface area contributed by atoms with Crippen LogP contribution < -0.4 is 10.6 Å². The van der Waals surface area contributed by atoms with Crippen LogP contribution in [0.1, 0.15) is 0 Å². The summed E-state index contributed by atoms with van der Waals surface area (Å²) in [6.45, 7) is 3.69. The molecule has 2 saturated heterocycles. The molecule has 2 heterocycles. The van der Waals surface area contributed by atoms with Gasteiger partial charge in [0.05, 0.1) is 0 Å². The average Bonchev–Trinajstić information content (AvgIpc) is 1.85. The second-order valence-corrected chi connectivity index (χ2v) is 2.43. The molecule has 40 valence electrons. The van der Waals surface area contributed by atoms with E-state index in [-0.39, 0.29) is 0 Å². The van der Waals surface area contributed by atoms with E-state index in [1.54, 1.807) is 0 Å². The van der Waals surface area contributed by atoms with Gasteiger partial charge in [0, 0.05) is 31.6 Å². The molecule has 0 aromatic heterocycles. The predicted molar refractivity (Wildman–Crippen MR) is 28.2 cm³/mol. The Balaban J connectivity index is 2.03. The van der Waals surface area contributed by atoms with Crippen LogP contribution in [0, 0.1) is 5.92 Å². The summed E-state index contributed by atoms with van der Waals surface area (Å²) in [7, 11) is 0. The van der Waals surface area contributed by atoms with Gasteiger partial charge >= 0.3 is 0 Å². The number of rotatable bonds is 0. The van der Waals surface area contributed by atoms with Crippen molar-refractivity contribution in [1.29, 1.82) is 0 Å². The predicted octanol–water partition coefficient (Wildman–Crippen LogP) is -0.822. The topological polar surface area (TPSA) is 24.1 Å². The molecule has 0 saturated carbocycles. The smallest absolute Gasteiger partial charge is 0.0245 e. The van der Waals surface area contributed by atoms with Gasteiger partial charge in [-0.25, -0.2) is 0 Å². The van der Waals surface area contributed by atoms with Crippen molar-refractivity contribution < 1.29 is 0 Å². The van der Waals surface area contributed by atoms with E-state index in [2.05, 4.69) is 10.6 Å². The van der Waals surface area contributed by atoms with Crippen LogP contribution in [0.4, 0.5) is 0 Å². The van der Waals surface area contributed by atoms with Crippen LogP contribution in [0.15, 0.2) is 0 Å². The highest BCUT2D eigenvalue weighted by Gasteiger charge is 2.33. The third kappa shape index (κ3) is 0.409. The molecule has 0 radical (unpaired) electrons. The van der Waals surface area contributed by atoms with Crippen LogP contribution in [-0.2, 0) is 0 Å². The summed E-state index contributed by atoms with van der Waals surface area (Å²) in [5.41, 5.74) is 0. The van der Waals surface area contributed by atoms with E-state index < -0.39 is 0 Å². The monoisotopic (exact) mass is 98.1 g/mol. The Bertz CT molecular complexity index is 72.1. The first kappa shape index (κ1) is 3.87. The van der Waals surface area contributed by atoms with Gasteiger partial charge in [-0.3, -0.25) is 0 Å². The SMILES string of the molecule is C1NC[C@H]2NC[C@@H]12. The van der Waals surface area contributed by atoms with Gasteiger partial charge in [0.1, 0.15) is 0 Å². The Kier molecular flexibility index (Phi) is 0.664. The zero-order valence-electron chi connectivity index (χ0n) is 4.28. The van der Waals surface area contributed by atoms with Gasteiger partial charge in [-0.2, -0.15) is 0 Å². The molecule has 2 nitrogen and oxygen atoms in total. The van der Waals surface area contributed by atoms with E-state index in [1.165, 1.54) is 19.6 Å². The number of fused-ring (bicyclic) bond motifs is 1. The van der Waals surface area contributed by atoms with E-state index in [0.29, 0.717) is 0 Å². The minimum absolute atomic E-state index is 0.833. The van der Waals surface area contributed by atoms with Gasteiger partial charge in [-0.1, -0.05) is 0 Å². The lowest BCUT2D eigenvalue weighted by Gasteiger charge is -2.30. The zero-order valence-corrected chi connectivity index (χ0v) is 4.28. The molecular weight excluding hydrogens is 88.1 g/mol. The average molecular weight is 98.1 g/mol. The van der Waals surface area contributed by atoms with Crippen molar-refractivity contribution in [2.75, 3.05) is 19.6 Å². The maximum Gasteiger partial charge on any atom is 0.0245 e. The standard InChI is InChI=1S/C5H10N2/c1-4-2-7-5(4)3-6-1/h4-7H,1-3H2/t4-,5-/m1/s1. The van der Waals surface area contributed by atoms with Gasteiger partial charge in [-0.15, -0.1) is 0 Å². The first-order valence-electron chi connectivity index (χ1n) is 2.91. The van der Waals surface area contributed by atoms with Crippen molar-refractivity contribution >= 4 is 0 Å². The third-order valence-electron chi connectivity index (χ3n) is 1.98. The molecule has 0 spiro atoms. The van der Waals surface area contributed by atoms with E-state index in [4.69, 9.17) is 0 Å². The van der Waals surface area contributed by atoms with Crippen LogP contribution in [0.3, 0.4) is 0 Å². The van der Waals surface area contributed by atoms with Crippen LogP contribution in [0.5, 0.6) is 0 Å². The summed E-state index contributed by atoms with van der Waals surface area (Å²) in [4.78, 5) is 0. The van der Waals surface area contributed by atoms with Crippen LogP contribution in [0.2, 0.25) is 0 Å². The van der Waals surface area contributed by atoms with Gasteiger partial charge in [0.25, 0.3) is 0 Å². The van der Waals surface area contributed by atoms with Crippen molar-refractivity contribution in [3.8, 4) is 0 Å². The highest BCUT2D eigenvalue weighted by molar-refractivity contribution is 4.95. The lowest BCUT2D eigenvalue weighted by atomic mass is 9.96. The Morgan fingerprint density at radius 1 is 1.14 bits per heavy atom. The molecule has 0 unspecified atom stereocenters. The highest BCUT2D eigenvalue weighted by Crippen LogP contribution is 2.15.